The van der Waals surface area contributed by atoms with Crippen LogP contribution in [0.3, 0.4) is 0 Å². The van der Waals surface area contributed by atoms with Crippen LogP contribution in [0.25, 0.3) is 5.57 Å². The highest BCUT2D eigenvalue weighted by atomic mass is 32.3. The van der Waals surface area contributed by atoms with Crippen LogP contribution in [0.1, 0.15) is 5.76 Å². The summed E-state index contributed by atoms with van der Waals surface area (Å²) in [6, 6.07) is -0.106. The summed E-state index contributed by atoms with van der Waals surface area (Å²) in [5, 5.41) is 2.92. The van der Waals surface area contributed by atoms with Crippen molar-refractivity contribution >= 4 is 22.0 Å². The Morgan fingerprint density at radius 1 is 1.55 bits per heavy atom. The number of urea groups is 1. The van der Waals surface area contributed by atoms with Gasteiger partial charge in [0, 0.05) is 19.2 Å². The Labute approximate surface area is 126 Å². The molecule has 11 heteroatoms. The second kappa shape index (κ2) is 6.44. The zero-order valence-corrected chi connectivity index (χ0v) is 12.4. The standard InChI is InChI=1S/C11H13N3O3.H2O4S/c1-16-5-7-2-8(10-3-12-6-17-10)9-4-14(7)11(15)13-9;1-5(2,3)4/h2-3,6-7,9H,4-5H2,1H3,(H,13,15);(H2,1,2,3,4)/t7?,9-;/m0./s1. The van der Waals surface area contributed by atoms with E-state index in [9.17, 15) is 4.79 Å². The highest BCUT2D eigenvalue weighted by Crippen LogP contribution is 2.29. The number of amides is 2. The Morgan fingerprint density at radius 3 is 2.77 bits per heavy atom. The number of carbonyl (C=O) groups is 1. The number of hydrogen-bond donors (Lipinski definition) is 3. The molecule has 0 saturated carbocycles. The SMILES string of the molecule is COCC1C=C(c2cnco2)[C@@H]2CN1C(=O)N2.O=S(=O)(O)O. The zero-order valence-electron chi connectivity index (χ0n) is 11.5. The van der Waals surface area contributed by atoms with Gasteiger partial charge in [0.25, 0.3) is 0 Å². The summed E-state index contributed by atoms with van der Waals surface area (Å²) in [6.07, 6.45) is 5.07. The molecule has 2 amide bonds. The molecule has 22 heavy (non-hydrogen) atoms. The number of aromatic nitrogens is 1. The molecule has 2 atom stereocenters. The maximum absolute atomic E-state index is 11.7. The number of hydrogen-bond acceptors (Lipinski definition) is 6. The zero-order chi connectivity index (χ0) is 16.3. The summed E-state index contributed by atoms with van der Waals surface area (Å²) < 4.78 is 42.0. The molecule has 0 aliphatic carbocycles. The lowest BCUT2D eigenvalue weighted by Crippen LogP contribution is -2.41. The molecule has 10 nitrogen and oxygen atoms in total. The summed E-state index contributed by atoms with van der Waals surface area (Å²) in [6.45, 7) is 1.14. The number of rotatable bonds is 3. The van der Waals surface area contributed by atoms with E-state index in [1.165, 1.54) is 6.39 Å². The van der Waals surface area contributed by atoms with Gasteiger partial charge in [-0.25, -0.2) is 9.78 Å². The van der Waals surface area contributed by atoms with Crippen LogP contribution < -0.4 is 5.32 Å². The fourth-order valence-corrected chi connectivity index (χ4v) is 2.35. The van der Waals surface area contributed by atoms with E-state index >= 15 is 0 Å². The molecule has 2 bridgehead atoms. The molecule has 2 aliphatic rings. The lowest BCUT2D eigenvalue weighted by atomic mass is 9.98. The van der Waals surface area contributed by atoms with Gasteiger partial charge in [0.15, 0.2) is 12.2 Å². The normalized spacial score (nSPS) is 23.5. The van der Waals surface area contributed by atoms with Crippen molar-refractivity contribution in [2.75, 3.05) is 20.3 Å². The van der Waals surface area contributed by atoms with Crippen molar-refractivity contribution in [2.45, 2.75) is 12.1 Å². The van der Waals surface area contributed by atoms with Crippen molar-refractivity contribution in [3.63, 3.8) is 0 Å². The van der Waals surface area contributed by atoms with Crippen LogP contribution in [0.4, 0.5) is 4.79 Å². The van der Waals surface area contributed by atoms with Crippen molar-refractivity contribution < 1.29 is 31.5 Å². The third-order valence-electron chi connectivity index (χ3n) is 3.14. The molecule has 0 radical (unpaired) electrons. The van der Waals surface area contributed by atoms with E-state index in [-0.39, 0.29) is 18.1 Å². The van der Waals surface area contributed by atoms with Gasteiger partial charge in [-0.3, -0.25) is 9.11 Å². The highest BCUT2D eigenvalue weighted by Gasteiger charge is 2.40. The first-order valence-electron chi connectivity index (χ1n) is 6.16. The van der Waals surface area contributed by atoms with E-state index in [0.29, 0.717) is 18.9 Å². The summed E-state index contributed by atoms with van der Waals surface area (Å²) >= 11 is 0. The van der Waals surface area contributed by atoms with Crippen LogP contribution in [0, 0.1) is 0 Å². The molecule has 3 heterocycles. The second-order valence-electron chi connectivity index (χ2n) is 4.61. The van der Waals surface area contributed by atoms with E-state index in [1.54, 1.807) is 18.2 Å². The molecule has 3 rings (SSSR count). The van der Waals surface area contributed by atoms with Crippen molar-refractivity contribution in [3.05, 3.63) is 24.4 Å². The van der Waals surface area contributed by atoms with Crippen molar-refractivity contribution in [1.29, 1.82) is 0 Å². The van der Waals surface area contributed by atoms with Gasteiger partial charge < -0.3 is 19.4 Å². The Bertz CT molecular complexity index is 647. The van der Waals surface area contributed by atoms with Crippen LogP contribution >= 0.6 is 0 Å². The van der Waals surface area contributed by atoms with Gasteiger partial charge in [0.1, 0.15) is 0 Å². The Morgan fingerprint density at radius 2 is 2.23 bits per heavy atom. The van der Waals surface area contributed by atoms with Crippen molar-refractivity contribution in [1.82, 2.24) is 15.2 Å². The van der Waals surface area contributed by atoms with E-state index in [2.05, 4.69) is 10.3 Å². The topological polar surface area (TPSA) is 142 Å². The van der Waals surface area contributed by atoms with E-state index < -0.39 is 10.4 Å². The Hall–Kier alpha value is -1.95. The average Bonchev–Trinajstić information content (AvgIpc) is 3.01. The van der Waals surface area contributed by atoms with Gasteiger partial charge in [-0.15, -0.1) is 0 Å². The Balaban J connectivity index is 0.000000309. The largest absolute Gasteiger partial charge is 0.444 e. The number of ether oxygens (including phenoxy) is 1. The highest BCUT2D eigenvalue weighted by molar-refractivity contribution is 7.79. The Kier molecular flexibility index (Phi) is 4.81. The maximum atomic E-state index is 11.7. The molecule has 1 saturated heterocycles. The molecular formula is C11H15N3O7S. The molecule has 3 N–H and O–H groups in total. The number of oxazole rings is 1. The monoisotopic (exact) mass is 333 g/mol. The van der Waals surface area contributed by atoms with E-state index in [4.69, 9.17) is 26.7 Å². The summed E-state index contributed by atoms with van der Waals surface area (Å²) in [5.41, 5.74) is 0.978. The van der Waals surface area contributed by atoms with E-state index in [1.807, 2.05) is 6.08 Å². The van der Waals surface area contributed by atoms with Crippen molar-refractivity contribution in [2.24, 2.45) is 0 Å². The number of carbonyl (C=O) groups excluding carboxylic acids is 1. The smallest absolute Gasteiger partial charge is 0.394 e. The van der Waals surface area contributed by atoms with Gasteiger partial charge in [-0.1, -0.05) is 6.08 Å². The molecule has 1 aromatic rings. The minimum Gasteiger partial charge on any atom is -0.444 e. The van der Waals surface area contributed by atoms with Gasteiger partial charge in [0.2, 0.25) is 0 Å². The number of fused-ring (bicyclic) bond motifs is 2. The molecular weight excluding hydrogens is 318 g/mol. The van der Waals surface area contributed by atoms with E-state index in [0.717, 1.165) is 5.57 Å². The predicted molar refractivity (Wildman–Crippen MR) is 73.3 cm³/mol. The second-order valence-corrected chi connectivity index (χ2v) is 5.51. The maximum Gasteiger partial charge on any atom is 0.394 e. The number of nitrogens with zero attached hydrogens (tertiary/aromatic N) is 2. The quantitative estimate of drug-likeness (QED) is 0.647. The minimum absolute atomic E-state index is 0.0106. The van der Waals surface area contributed by atoms with Crippen LogP contribution in [0.5, 0.6) is 0 Å². The van der Waals surface area contributed by atoms with Gasteiger partial charge in [-0.05, 0) is 0 Å². The molecule has 0 spiro atoms. The summed E-state index contributed by atoms with van der Waals surface area (Å²) in [4.78, 5) is 17.4. The van der Waals surface area contributed by atoms with Crippen LogP contribution in [-0.2, 0) is 15.1 Å². The van der Waals surface area contributed by atoms with Crippen LogP contribution in [0.15, 0.2) is 23.1 Å². The first-order valence-corrected chi connectivity index (χ1v) is 7.56. The fraction of sp³-hybridized carbons (Fsp3) is 0.455. The minimum atomic E-state index is -4.67. The van der Waals surface area contributed by atoms with Crippen LogP contribution in [-0.4, -0.2) is 65.8 Å². The first-order chi connectivity index (χ1) is 10.3. The molecule has 1 aromatic heterocycles. The summed E-state index contributed by atoms with van der Waals surface area (Å²) in [7, 11) is -3.04. The lowest BCUT2D eigenvalue weighted by Gasteiger charge is -2.28. The van der Waals surface area contributed by atoms with Crippen molar-refractivity contribution in [3.8, 4) is 0 Å². The molecule has 1 unspecified atom stereocenters. The summed E-state index contributed by atoms with van der Waals surface area (Å²) in [5.74, 6) is 0.706. The van der Waals surface area contributed by atoms with Gasteiger partial charge in [-0.2, -0.15) is 8.42 Å². The third-order valence-corrected chi connectivity index (χ3v) is 3.14. The molecule has 2 aliphatic heterocycles. The molecule has 1 fully saturated rings. The lowest BCUT2D eigenvalue weighted by molar-refractivity contribution is 0.133. The molecule has 0 aromatic carbocycles. The van der Waals surface area contributed by atoms with Gasteiger partial charge >= 0.3 is 16.4 Å². The first kappa shape index (κ1) is 16.4. The van der Waals surface area contributed by atoms with Gasteiger partial charge in [0.05, 0.1) is 24.9 Å². The number of methoxy groups -OCH3 is 1. The average molecular weight is 333 g/mol. The van der Waals surface area contributed by atoms with Crippen LogP contribution in [0.2, 0.25) is 0 Å². The molecule has 122 valence electrons. The number of nitrogens with one attached hydrogen (secondary N) is 1. The third kappa shape index (κ3) is 4.04. The fourth-order valence-electron chi connectivity index (χ4n) is 2.35. The predicted octanol–water partition coefficient (Wildman–Crippen LogP) is -0.172.